The molecule has 0 fully saturated rings. The monoisotopic (exact) mass is 307 g/mol. The molecule has 0 spiro atoms. The van der Waals surface area contributed by atoms with Crippen LogP contribution in [0.15, 0.2) is 12.1 Å². The average Bonchev–Trinajstić information content (AvgIpc) is 2.25. The van der Waals surface area contributed by atoms with Crippen molar-refractivity contribution >= 4 is 34.6 Å². The first-order valence-electron chi connectivity index (χ1n) is 5.55. The Labute approximate surface area is 122 Å². The second kappa shape index (κ2) is 6.44. The number of nitrogens with one attached hydrogen (secondary N) is 1. The molecule has 101 valence electrons. The quantitative estimate of drug-likeness (QED) is 0.681. The van der Waals surface area contributed by atoms with E-state index in [1.165, 1.54) is 0 Å². The van der Waals surface area contributed by atoms with Crippen LogP contribution in [0.2, 0.25) is 10.3 Å². The minimum Gasteiger partial charge on any atom is -0.598 e. The lowest BCUT2D eigenvalue weighted by Crippen LogP contribution is -2.41. The molecule has 0 bridgehead atoms. The maximum Gasteiger partial charge on any atom is 0.136 e. The molecule has 0 aromatic carbocycles. The number of halogens is 2. The second-order valence-corrected chi connectivity index (χ2v) is 7.60. The fraction of sp³-hybridized carbons (Fsp3) is 0.500. The molecule has 2 atom stereocenters. The van der Waals surface area contributed by atoms with Gasteiger partial charge in [-0.2, -0.15) is 0 Å². The standard InChI is InChI=1S/C12H17Cl2N2OS/c1-5-9(16-18(17)12(2,3)4)8-6-7-10(13)15-11(8)14/h6-7,9,16H,1,5H2,2-4H3. The summed E-state index contributed by atoms with van der Waals surface area (Å²) in [4.78, 5) is 3.98. The van der Waals surface area contributed by atoms with Gasteiger partial charge in [0, 0.05) is 16.9 Å². The number of rotatable bonds is 4. The maximum absolute atomic E-state index is 12.1. The Morgan fingerprint density at radius 1 is 1.44 bits per heavy atom. The van der Waals surface area contributed by atoms with Crippen LogP contribution in [0.1, 0.15) is 38.8 Å². The Balaban J connectivity index is 2.90. The van der Waals surface area contributed by atoms with Crippen LogP contribution >= 0.6 is 23.2 Å². The van der Waals surface area contributed by atoms with Gasteiger partial charge in [0.1, 0.15) is 15.1 Å². The van der Waals surface area contributed by atoms with Gasteiger partial charge in [-0.05, 0) is 33.3 Å². The predicted molar refractivity (Wildman–Crippen MR) is 78.0 cm³/mol. The molecule has 1 N–H and O–H groups in total. The molecule has 0 aliphatic heterocycles. The first-order chi connectivity index (χ1) is 8.25. The number of hydrogen-bond donors (Lipinski definition) is 1. The summed E-state index contributed by atoms with van der Waals surface area (Å²) in [7, 11) is 0. The minimum atomic E-state index is -1.19. The molecule has 1 aromatic heterocycles. The van der Waals surface area contributed by atoms with E-state index in [1.54, 1.807) is 12.1 Å². The number of pyridine rings is 1. The van der Waals surface area contributed by atoms with Gasteiger partial charge in [0.15, 0.2) is 0 Å². The zero-order chi connectivity index (χ0) is 13.9. The predicted octanol–water partition coefficient (Wildman–Crippen LogP) is 3.71. The molecular weight excluding hydrogens is 291 g/mol. The third-order valence-corrected chi connectivity index (χ3v) is 4.44. The molecular formula is C12H17Cl2N2OS. The van der Waals surface area contributed by atoms with Crippen LogP contribution in [0.5, 0.6) is 0 Å². The Morgan fingerprint density at radius 2 is 2.06 bits per heavy atom. The molecule has 0 saturated heterocycles. The van der Waals surface area contributed by atoms with Crippen molar-refractivity contribution in [3.63, 3.8) is 0 Å². The Bertz CT molecular complexity index is 410. The summed E-state index contributed by atoms with van der Waals surface area (Å²) < 4.78 is 14.7. The summed E-state index contributed by atoms with van der Waals surface area (Å²) >= 11 is 10.6. The average molecular weight is 308 g/mol. The largest absolute Gasteiger partial charge is 0.598 e. The van der Waals surface area contributed by atoms with Crippen molar-refractivity contribution in [1.29, 1.82) is 0 Å². The van der Waals surface area contributed by atoms with Crippen molar-refractivity contribution in [2.24, 2.45) is 0 Å². The molecule has 1 heterocycles. The van der Waals surface area contributed by atoms with Gasteiger partial charge in [-0.15, -0.1) is 4.72 Å². The molecule has 0 aliphatic rings. The third kappa shape index (κ3) is 4.28. The van der Waals surface area contributed by atoms with E-state index >= 15 is 0 Å². The Morgan fingerprint density at radius 3 is 2.50 bits per heavy atom. The van der Waals surface area contributed by atoms with Gasteiger partial charge in [-0.25, -0.2) is 4.98 Å². The third-order valence-electron chi connectivity index (χ3n) is 2.31. The highest BCUT2D eigenvalue weighted by Gasteiger charge is 2.30. The zero-order valence-electron chi connectivity index (χ0n) is 10.7. The topological polar surface area (TPSA) is 48.0 Å². The van der Waals surface area contributed by atoms with E-state index in [0.717, 1.165) is 5.56 Å². The van der Waals surface area contributed by atoms with Crippen molar-refractivity contribution < 1.29 is 4.55 Å². The van der Waals surface area contributed by atoms with Crippen LogP contribution in [-0.2, 0) is 11.4 Å². The molecule has 1 radical (unpaired) electrons. The smallest absolute Gasteiger partial charge is 0.136 e. The fourth-order valence-corrected chi connectivity index (χ4v) is 2.60. The van der Waals surface area contributed by atoms with Crippen LogP contribution in [-0.4, -0.2) is 14.3 Å². The first kappa shape index (κ1) is 16.1. The van der Waals surface area contributed by atoms with Gasteiger partial charge in [-0.1, -0.05) is 36.2 Å². The zero-order valence-corrected chi connectivity index (χ0v) is 13.0. The molecule has 6 heteroatoms. The van der Waals surface area contributed by atoms with Crippen LogP contribution in [0.3, 0.4) is 0 Å². The highest BCUT2D eigenvalue weighted by molar-refractivity contribution is 7.90. The van der Waals surface area contributed by atoms with E-state index in [2.05, 4.69) is 16.6 Å². The van der Waals surface area contributed by atoms with Crippen LogP contribution in [0.25, 0.3) is 0 Å². The summed E-state index contributed by atoms with van der Waals surface area (Å²) in [6, 6.07) is 3.23. The normalized spacial score (nSPS) is 15.5. The maximum atomic E-state index is 12.1. The highest BCUT2D eigenvalue weighted by atomic mass is 35.5. The van der Waals surface area contributed by atoms with Crippen LogP contribution < -0.4 is 4.72 Å². The molecule has 3 nitrogen and oxygen atoms in total. The lowest BCUT2D eigenvalue weighted by Gasteiger charge is -2.27. The van der Waals surface area contributed by atoms with Crippen molar-refractivity contribution in [3.05, 3.63) is 34.9 Å². The fourth-order valence-electron chi connectivity index (χ4n) is 1.27. The second-order valence-electron chi connectivity index (χ2n) is 4.85. The SMILES string of the molecule is [CH2]CC(N[S+]([O-])C(C)(C)C)c1ccc(Cl)nc1Cl. The lowest BCUT2D eigenvalue weighted by molar-refractivity contribution is 0.523. The van der Waals surface area contributed by atoms with Gasteiger partial charge < -0.3 is 4.55 Å². The van der Waals surface area contributed by atoms with E-state index in [0.29, 0.717) is 16.7 Å². The van der Waals surface area contributed by atoms with Crippen molar-refractivity contribution in [3.8, 4) is 0 Å². The highest BCUT2D eigenvalue weighted by Crippen LogP contribution is 2.27. The molecule has 18 heavy (non-hydrogen) atoms. The summed E-state index contributed by atoms with van der Waals surface area (Å²) in [6.07, 6.45) is 0.519. The summed E-state index contributed by atoms with van der Waals surface area (Å²) in [5, 5.41) is 0.651. The van der Waals surface area contributed by atoms with Crippen molar-refractivity contribution in [2.45, 2.75) is 38.0 Å². The Hall–Kier alpha value is -0.0000000000000000555. The van der Waals surface area contributed by atoms with E-state index < -0.39 is 11.4 Å². The lowest BCUT2D eigenvalue weighted by atomic mass is 10.1. The molecule has 0 saturated carbocycles. The summed E-state index contributed by atoms with van der Waals surface area (Å²) in [5.74, 6) is 0. The van der Waals surface area contributed by atoms with Crippen molar-refractivity contribution in [2.75, 3.05) is 0 Å². The van der Waals surface area contributed by atoms with E-state index in [4.69, 9.17) is 23.2 Å². The summed E-state index contributed by atoms with van der Waals surface area (Å²) in [5.41, 5.74) is 0.758. The molecule has 2 unspecified atom stereocenters. The minimum absolute atomic E-state index is 0.206. The molecule has 1 aromatic rings. The molecule has 0 aliphatic carbocycles. The first-order valence-corrected chi connectivity index (χ1v) is 7.45. The van der Waals surface area contributed by atoms with Gasteiger partial charge in [0.25, 0.3) is 0 Å². The van der Waals surface area contributed by atoms with Crippen molar-refractivity contribution in [1.82, 2.24) is 9.71 Å². The van der Waals surface area contributed by atoms with Crippen LogP contribution in [0, 0.1) is 6.92 Å². The van der Waals surface area contributed by atoms with Crippen LogP contribution in [0.4, 0.5) is 0 Å². The van der Waals surface area contributed by atoms with E-state index in [9.17, 15) is 4.55 Å². The van der Waals surface area contributed by atoms with Gasteiger partial charge in [0.05, 0.1) is 6.04 Å². The molecule has 0 amide bonds. The molecule has 1 rings (SSSR count). The van der Waals surface area contributed by atoms with Gasteiger partial charge in [0.2, 0.25) is 0 Å². The Kier molecular flexibility index (Phi) is 5.74. The van der Waals surface area contributed by atoms with Gasteiger partial charge in [-0.3, -0.25) is 0 Å². The number of nitrogens with zero attached hydrogens (tertiary/aromatic N) is 1. The van der Waals surface area contributed by atoms with Gasteiger partial charge >= 0.3 is 0 Å². The van der Waals surface area contributed by atoms with E-state index in [1.807, 2.05) is 20.8 Å². The number of hydrogen-bond acceptors (Lipinski definition) is 3. The van der Waals surface area contributed by atoms with E-state index in [-0.39, 0.29) is 10.8 Å². The summed E-state index contributed by atoms with van der Waals surface area (Å²) in [6.45, 7) is 9.55. The number of aromatic nitrogens is 1.